The van der Waals surface area contributed by atoms with Gasteiger partial charge in [-0.3, -0.25) is 9.59 Å². The van der Waals surface area contributed by atoms with Gasteiger partial charge < -0.3 is 16.0 Å². The van der Waals surface area contributed by atoms with Gasteiger partial charge in [0, 0.05) is 22.8 Å². The highest BCUT2D eigenvalue weighted by Gasteiger charge is 2.14. The molecule has 0 saturated heterocycles. The van der Waals surface area contributed by atoms with Crippen molar-refractivity contribution >= 4 is 44.8 Å². The summed E-state index contributed by atoms with van der Waals surface area (Å²) in [7, 11) is 0. The molecular formula is C18H20BrN3O2. The van der Waals surface area contributed by atoms with Crippen molar-refractivity contribution in [1.82, 2.24) is 0 Å². The van der Waals surface area contributed by atoms with Crippen molar-refractivity contribution < 1.29 is 9.59 Å². The normalized spacial score (nSPS) is 11.5. The van der Waals surface area contributed by atoms with E-state index in [0.29, 0.717) is 5.69 Å². The zero-order valence-electron chi connectivity index (χ0n) is 13.8. The quantitative estimate of drug-likeness (QED) is 0.718. The van der Waals surface area contributed by atoms with Gasteiger partial charge in [-0.15, -0.1) is 0 Å². The Kier molecular flexibility index (Phi) is 5.98. The summed E-state index contributed by atoms with van der Waals surface area (Å²) in [5.74, 6) is -0.252. The van der Waals surface area contributed by atoms with Crippen LogP contribution in [0.4, 0.5) is 17.1 Å². The lowest BCUT2D eigenvalue weighted by Gasteiger charge is -2.16. The number of aryl methyl sites for hydroxylation is 1. The fourth-order valence-electron chi connectivity index (χ4n) is 2.13. The summed E-state index contributed by atoms with van der Waals surface area (Å²) < 4.78 is 0.850. The maximum absolute atomic E-state index is 12.3. The molecular weight excluding hydrogens is 370 g/mol. The van der Waals surface area contributed by atoms with E-state index in [2.05, 4.69) is 31.9 Å². The summed E-state index contributed by atoms with van der Waals surface area (Å²) in [6, 6.07) is 12.5. The molecule has 2 amide bonds. The molecule has 0 aromatic heterocycles. The summed E-state index contributed by atoms with van der Waals surface area (Å²) in [5, 5.41) is 8.72. The van der Waals surface area contributed by atoms with Crippen LogP contribution in [0.3, 0.4) is 0 Å². The van der Waals surface area contributed by atoms with Gasteiger partial charge in [-0.05, 0) is 71.7 Å². The van der Waals surface area contributed by atoms with Gasteiger partial charge in [-0.25, -0.2) is 0 Å². The zero-order valence-corrected chi connectivity index (χ0v) is 15.4. The highest BCUT2D eigenvalue weighted by Crippen LogP contribution is 2.23. The van der Waals surface area contributed by atoms with Gasteiger partial charge in [0.1, 0.15) is 6.04 Å². The summed E-state index contributed by atoms with van der Waals surface area (Å²) >= 11 is 3.45. The summed E-state index contributed by atoms with van der Waals surface area (Å²) in [4.78, 5) is 23.3. The molecule has 0 radical (unpaired) electrons. The van der Waals surface area contributed by atoms with E-state index in [-0.39, 0.29) is 11.8 Å². The number of anilines is 3. The third-order valence-electron chi connectivity index (χ3n) is 3.36. The second-order valence-corrected chi connectivity index (χ2v) is 6.45. The summed E-state index contributed by atoms with van der Waals surface area (Å²) in [6.07, 6.45) is 0. The number of amides is 2. The average molecular weight is 390 g/mol. The van der Waals surface area contributed by atoms with Crippen molar-refractivity contribution in [3.8, 4) is 0 Å². The van der Waals surface area contributed by atoms with E-state index in [0.717, 1.165) is 21.4 Å². The molecule has 6 heteroatoms. The largest absolute Gasteiger partial charge is 0.374 e. The second kappa shape index (κ2) is 7.97. The SMILES string of the molecule is CC(=O)Nc1ccc(NC(C)C(=O)Nc2ccc(C)cc2Br)cc1. The molecule has 0 aliphatic rings. The standard InChI is InChI=1S/C18H20BrN3O2/c1-11-4-9-17(16(19)10-11)22-18(24)12(2)20-14-5-7-15(8-6-14)21-13(3)23/h4-10,12,20H,1-3H3,(H,21,23)(H,22,24). The molecule has 0 heterocycles. The Morgan fingerprint density at radius 3 is 2.21 bits per heavy atom. The number of benzene rings is 2. The molecule has 0 aliphatic carbocycles. The fraction of sp³-hybridized carbons (Fsp3) is 0.222. The van der Waals surface area contributed by atoms with Crippen molar-refractivity contribution in [3.63, 3.8) is 0 Å². The lowest BCUT2D eigenvalue weighted by atomic mass is 10.2. The number of carbonyl (C=O) groups is 2. The number of rotatable bonds is 5. The van der Waals surface area contributed by atoms with Gasteiger partial charge in [0.05, 0.1) is 5.69 Å². The first-order chi connectivity index (χ1) is 11.3. The minimum absolute atomic E-state index is 0.118. The first kappa shape index (κ1) is 18.0. The third-order valence-corrected chi connectivity index (χ3v) is 4.02. The lowest BCUT2D eigenvalue weighted by molar-refractivity contribution is -0.116. The van der Waals surface area contributed by atoms with Crippen LogP contribution in [0, 0.1) is 6.92 Å². The maximum atomic E-state index is 12.3. The molecule has 126 valence electrons. The Morgan fingerprint density at radius 2 is 1.62 bits per heavy atom. The Bertz CT molecular complexity index is 744. The number of carbonyl (C=O) groups excluding carboxylic acids is 2. The van der Waals surface area contributed by atoms with Gasteiger partial charge in [0.25, 0.3) is 0 Å². The molecule has 0 spiro atoms. The van der Waals surface area contributed by atoms with Crippen molar-refractivity contribution in [1.29, 1.82) is 0 Å². The van der Waals surface area contributed by atoms with Crippen LogP contribution in [-0.2, 0) is 9.59 Å². The monoisotopic (exact) mass is 389 g/mol. The predicted octanol–water partition coefficient (Wildman–Crippen LogP) is 4.16. The highest BCUT2D eigenvalue weighted by molar-refractivity contribution is 9.10. The molecule has 24 heavy (non-hydrogen) atoms. The van der Waals surface area contributed by atoms with E-state index in [1.165, 1.54) is 6.92 Å². The minimum atomic E-state index is -0.412. The predicted molar refractivity (Wildman–Crippen MR) is 101 cm³/mol. The fourth-order valence-corrected chi connectivity index (χ4v) is 2.72. The molecule has 3 N–H and O–H groups in total. The van der Waals surface area contributed by atoms with Crippen LogP contribution < -0.4 is 16.0 Å². The molecule has 1 atom stereocenters. The van der Waals surface area contributed by atoms with E-state index in [4.69, 9.17) is 0 Å². The topological polar surface area (TPSA) is 70.2 Å². The van der Waals surface area contributed by atoms with Crippen molar-refractivity contribution in [2.75, 3.05) is 16.0 Å². The van der Waals surface area contributed by atoms with Crippen LogP contribution in [-0.4, -0.2) is 17.9 Å². The molecule has 2 aromatic rings. The van der Waals surface area contributed by atoms with Gasteiger partial charge in [0.15, 0.2) is 0 Å². The van der Waals surface area contributed by atoms with E-state index < -0.39 is 6.04 Å². The average Bonchev–Trinajstić information content (AvgIpc) is 2.51. The maximum Gasteiger partial charge on any atom is 0.246 e. The molecule has 0 aliphatic heterocycles. The van der Waals surface area contributed by atoms with Crippen molar-refractivity contribution in [3.05, 3.63) is 52.5 Å². The minimum Gasteiger partial charge on any atom is -0.374 e. The Morgan fingerprint density at radius 1 is 1.00 bits per heavy atom. The van der Waals surface area contributed by atoms with Gasteiger partial charge in [0.2, 0.25) is 11.8 Å². The molecule has 0 saturated carbocycles. The van der Waals surface area contributed by atoms with E-state index in [1.54, 1.807) is 19.1 Å². The number of hydrogen-bond donors (Lipinski definition) is 3. The molecule has 0 fully saturated rings. The Balaban J connectivity index is 1.97. The van der Waals surface area contributed by atoms with E-state index in [1.807, 2.05) is 37.3 Å². The third kappa shape index (κ3) is 5.09. The molecule has 0 bridgehead atoms. The zero-order chi connectivity index (χ0) is 17.7. The van der Waals surface area contributed by atoms with Crippen LogP contribution in [0.5, 0.6) is 0 Å². The summed E-state index contributed by atoms with van der Waals surface area (Å²) in [5.41, 5.74) is 3.37. The number of halogens is 1. The molecule has 1 unspecified atom stereocenters. The summed E-state index contributed by atoms with van der Waals surface area (Å²) in [6.45, 7) is 5.24. The number of hydrogen-bond acceptors (Lipinski definition) is 3. The van der Waals surface area contributed by atoms with E-state index in [9.17, 15) is 9.59 Å². The Labute approximate surface area is 150 Å². The van der Waals surface area contributed by atoms with Crippen LogP contribution >= 0.6 is 15.9 Å². The van der Waals surface area contributed by atoms with Crippen molar-refractivity contribution in [2.24, 2.45) is 0 Å². The first-order valence-corrected chi connectivity index (χ1v) is 8.35. The van der Waals surface area contributed by atoms with Crippen LogP contribution in [0.2, 0.25) is 0 Å². The van der Waals surface area contributed by atoms with Gasteiger partial charge in [-0.1, -0.05) is 6.07 Å². The molecule has 5 nitrogen and oxygen atoms in total. The van der Waals surface area contributed by atoms with Crippen molar-refractivity contribution in [2.45, 2.75) is 26.8 Å². The molecule has 2 rings (SSSR count). The Hall–Kier alpha value is -2.34. The highest BCUT2D eigenvalue weighted by atomic mass is 79.9. The van der Waals surface area contributed by atoms with E-state index >= 15 is 0 Å². The first-order valence-electron chi connectivity index (χ1n) is 7.56. The van der Waals surface area contributed by atoms with Gasteiger partial charge in [-0.2, -0.15) is 0 Å². The molecule has 2 aromatic carbocycles. The van der Waals surface area contributed by atoms with Crippen LogP contribution in [0.15, 0.2) is 46.9 Å². The smallest absolute Gasteiger partial charge is 0.246 e. The number of nitrogens with one attached hydrogen (secondary N) is 3. The second-order valence-electron chi connectivity index (χ2n) is 5.60. The lowest BCUT2D eigenvalue weighted by Crippen LogP contribution is -2.31. The van der Waals surface area contributed by atoms with Crippen LogP contribution in [0.25, 0.3) is 0 Å². The van der Waals surface area contributed by atoms with Crippen LogP contribution in [0.1, 0.15) is 19.4 Å². The van der Waals surface area contributed by atoms with Gasteiger partial charge >= 0.3 is 0 Å².